The van der Waals surface area contributed by atoms with Crippen molar-refractivity contribution < 1.29 is 19.1 Å². The summed E-state index contributed by atoms with van der Waals surface area (Å²) in [7, 11) is 1.72. The van der Waals surface area contributed by atoms with Crippen molar-refractivity contribution in [1.82, 2.24) is 15.5 Å². The third kappa shape index (κ3) is 9.44. The Morgan fingerprint density at radius 1 is 1.15 bits per heavy atom. The van der Waals surface area contributed by atoms with Crippen LogP contribution in [0.4, 0.5) is 4.79 Å². The van der Waals surface area contributed by atoms with Crippen molar-refractivity contribution in [3.05, 3.63) is 0 Å². The number of guanidine groups is 1. The summed E-state index contributed by atoms with van der Waals surface area (Å²) in [4.78, 5) is 29.7. The molecule has 9 heteroatoms. The Bertz CT molecular complexity index is 472. The molecular weight excluding hydrogens is 451 g/mol. The van der Waals surface area contributed by atoms with E-state index in [4.69, 9.17) is 9.47 Å². The molecule has 0 spiro atoms. The number of amides is 1. The summed E-state index contributed by atoms with van der Waals surface area (Å²) in [5, 5.41) is 5.92. The van der Waals surface area contributed by atoms with E-state index in [9.17, 15) is 9.59 Å². The quantitative estimate of drug-likeness (QED) is 0.204. The van der Waals surface area contributed by atoms with Crippen LogP contribution in [0.5, 0.6) is 0 Å². The third-order valence-corrected chi connectivity index (χ3v) is 3.70. The molecule has 0 aliphatic carbocycles. The number of esters is 1. The van der Waals surface area contributed by atoms with E-state index in [-0.39, 0.29) is 35.9 Å². The molecule has 152 valence electrons. The molecule has 0 atom stereocenters. The molecule has 0 bridgehead atoms. The number of alkyl carbamates (subject to hydrolysis) is 1. The Hall–Kier alpha value is -1.26. The van der Waals surface area contributed by atoms with Gasteiger partial charge in [-0.2, -0.15) is 0 Å². The van der Waals surface area contributed by atoms with Gasteiger partial charge in [0.1, 0.15) is 5.60 Å². The lowest BCUT2D eigenvalue weighted by Gasteiger charge is -2.33. The normalized spacial score (nSPS) is 15.7. The molecule has 0 radical (unpaired) electrons. The molecule has 1 amide bonds. The van der Waals surface area contributed by atoms with E-state index in [2.05, 4.69) is 20.5 Å². The minimum absolute atomic E-state index is 0. The second kappa shape index (κ2) is 12.2. The SMILES string of the molecule is CCOC(=O)C1CCN(C(=NC)NCCNC(=O)OC(C)(C)C)CC1.I. The van der Waals surface area contributed by atoms with Gasteiger partial charge in [0.15, 0.2) is 5.96 Å². The van der Waals surface area contributed by atoms with Gasteiger partial charge < -0.3 is 25.0 Å². The number of carbonyl (C=O) groups excluding carboxylic acids is 2. The molecule has 1 aliphatic heterocycles. The average Bonchev–Trinajstić information content (AvgIpc) is 2.54. The Morgan fingerprint density at radius 2 is 1.73 bits per heavy atom. The van der Waals surface area contributed by atoms with Crippen molar-refractivity contribution >= 4 is 42.0 Å². The largest absolute Gasteiger partial charge is 0.466 e. The predicted octanol–water partition coefficient (Wildman–Crippen LogP) is 1.98. The zero-order chi connectivity index (χ0) is 18.9. The lowest BCUT2D eigenvalue weighted by molar-refractivity contribution is -0.149. The van der Waals surface area contributed by atoms with Gasteiger partial charge in [-0.1, -0.05) is 0 Å². The fourth-order valence-electron chi connectivity index (χ4n) is 2.57. The lowest BCUT2D eigenvalue weighted by Crippen LogP contribution is -2.48. The predicted molar refractivity (Wildman–Crippen MR) is 112 cm³/mol. The summed E-state index contributed by atoms with van der Waals surface area (Å²) in [6.45, 7) is 10.2. The second-order valence-electron chi connectivity index (χ2n) is 6.92. The van der Waals surface area contributed by atoms with Crippen LogP contribution in [0.2, 0.25) is 0 Å². The number of nitrogens with one attached hydrogen (secondary N) is 2. The smallest absolute Gasteiger partial charge is 0.407 e. The van der Waals surface area contributed by atoms with Gasteiger partial charge in [-0.15, -0.1) is 24.0 Å². The summed E-state index contributed by atoms with van der Waals surface area (Å²) in [6.07, 6.45) is 1.09. The first kappa shape index (κ1) is 24.7. The molecule has 0 aromatic carbocycles. The molecule has 0 aromatic heterocycles. The minimum Gasteiger partial charge on any atom is -0.466 e. The fourth-order valence-corrected chi connectivity index (χ4v) is 2.57. The van der Waals surface area contributed by atoms with Gasteiger partial charge >= 0.3 is 12.1 Å². The standard InChI is InChI=1S/C17H32N4O4.HI/c1-6-24-14(22)13-7-11-21(12-8-13)15(18-5)19-9-10-20-16(23)25-17(2,3)4;/h13H,6-12H2,1-5H3,(H,18,19)(H,20,23);1H. The van der Waals surface area contributed by atoms with Crippen LogP contribution in [0.15, 0.2) is 4.99 Å². The highest BCUT2D eigenvalue weighted by molar-refractivity contribution is 14.0. The molecule has 0 saturated carbocycles. The zero-order valence-corrected chi connectivity index (χ0v) is 18.8. The lowest BCUT2D eigenvalue weighted by atomic mass is 9.97. The maximum Gasteiger partial charge on any atom is 0.407 e. The van der Waals surface area contributed by atoms with Gasteiger partial charge in [-0.25, -0.2) is 4.79 Å². The van der Waals surface area contributed by atoms with Crippen LogP contribution in [0.25, 0.3) is 0 Å². The number of halogens is 1. The molecular formula is C17H33IN4O4. The monoisotopic (exact) mass is 484 g/mol. The number of carbonyl (C=O) groups is 2. The van der Waals surface area contributed by atoms with Gasteiger partial charge in [-0.05, 0) is 40.5 Å². The van der Waals surface area contributed by atoms with Crippen molar-refractivity contribution in [3.8, 4) is 0 Å². The maximum absolute atomic E-state index is 11.8. The first-order valence-electron chi connectivity index (χ1n) is 8.86. The van der Waals surface area contributed by atoms with E-state index >= 15 is 0 Å². The molecule has 1 fully saturated rings. The van der Waals surface area contributed by atoms with Crippen LogP contribution in [0.3, 0.4) is 0 Å². The fraction of sp³-hybridized carbons (Fsp3) is 0.824. The molecule has 2 N–H and O–H groups in total. The maximum atomic E-state index is 11.8. The molecule has 1 heterocycles. The summed E-state index contributed by atoms with van der Waals surface area (Å²) >= 11 is 0. The van der Waals surface area contributed by atoms with Gasteiger partial charge in [-0.3, -0.25) is 9.79 Å². The number of aliphatic imine (C=N–C) groups is 1. The number of ether oxygens (including phenoxy) is 2. The van der Waals surface area contributed by atoms with Crippen LogP contribution < -0.4 is 10.6 Å². The molecule has 1 aliphatic rings. The molecule has 1 rings (SSSR count). The third-order valence-electron chi connectivity index (χ3n) is 3.70. The number of hydrogen-bond acceptors (Lipinski definition) is 5. The van der Waals surface area contributed by atoms with Crippen LogP contribution in [-0.2, 0) is 14.3 Å². The Morgan fingerprint density at radius 3 is 2.23 bits per heavy atom. The molecule has 0 aromatic rings. The van der Waals surface area contributed by atoms with Crippen molar-refractivity contribution in [2.75, 3.05) is 39.8 Å². The highest BCUT2D eigenvalue weighted by Crippen LogP contribution is 2.18. The summed E-state index contributed by atoms with van der Waals surface area (Å²) in [6, 6.07) is 0. The van der Waals surface area contributed by atoms with E-state index in [0.29, 0.717) is 19.7 Å². The summed E-state index contributed by atoms with van der Waals surface area (Å²) in [5.74, 6) is 0.642. The number of rotatable bonds is 5. The Kier molecular flexibility index (Phi) is 11.6. The van der Waals surface area contributed by atoms with E-state index < -0.39 is 11.7 Å². The van der Waals surface area contributed by atoms with Crippen molar-refractivity contribution in [1.29, 1.82) is 0 Å². The van der Waals surface area contributed by atoms with Crippen LogP contribution >= 0.6 is 24.0 Å². The highest BCUT2D eigenvalue weighted by Gasteiger charge is 2.27. The second-order valence-corrected chi connectivity index (χ2v) is 6.92. The van der Waals surface area contributed by atoms with Crippen molar-refractivity contribution in [2.45, 2.75) is 46.1 Å². The van der Waals surface area contributed by atoms with E-state index in [1.54, 1.807) is 7.05 Å². The number of hydrogen-bond donors (Lipinski definition) is 2. The topological polar surface area (TPSA) is 92.3 Å². The van der Waals surface area contributed by atoms with E-state index in [0.717, 1.165) is 31.9 Å². The van der Waals surface area contributed by atoms with Gasteiger partial charge in [0, 0.05) is 33.2 Å². The number of nitrogens with zero attached hydrogens (tertiary/aromatic N) is 2. The molecule has 1 saturated heterocycles. The summed E-state index contributed by atoms with van der Waals surface area (Å²) < 4.78 is 10.3. The minimum atomic E-state index is -0.503. The first-order valence-corrected chi connectivity index (χ1v) is 8.86. The van der Waals surface area contributed by atoms with Gasteiger partial charge in [0.2, 0.25) is 0 Å². The van der Waals surface area contributed by atoms with Crippen LogP contribution in [0, 0.1) is 5.92 Å². The van der Waals surface area contributed by atoms with Gasteiger partial charge in [0.05, 0.1) is 12.5 Å². The average molecular weight is 484 g/mol. The molecule has 26 heavy (non-hydrogen) atoms. The Balaban J connectivity index is 0.00000625. The van der Waals surface area contributed by atoms with E-state index in [1.807, 2.05) is 27.7 Å². The highest BCUT2D eigenvalue weighted by atomic mass is 127. The number of piperidine rings is 1. The first-order chi connectivity index (χ1) is 11.8. The molecule has 0 unspecified atom stereocenters. The van der Waals surface area contributed by atoms with Crippen molar-refractivity contribution in [2.24, 2.45) is 10.9 Å². The summed E-state index contributed by atoms with van der Waals surface area (Å²) in [5.41, 5.74) is -0.503. The van der Waals surface area contributed by atoms with Crippen LogP contribution in [-0.4, -0.2) is 68.4 Å². The number of likely N-dealkylation sites (tertiary alicyclic amines) is 1. The van der Waals surface area contributed by atoms with Crippen molar-refractivity contribution in [3.63, 3.8) is 0 Å². The van der Waals surface area contributed by atoms with Gasteiger partial charge in [0.25, 0.3) is 0 Å². The van der Waals surface area contributed by atoms with E-state index in [1.165, 1.54) is 0 Å². The molecule has 8 nitrogen and oxygen atoms in total. The zero-order valence-electron chi connectivity index (χ0n) is 16.5. The Labute approximate surface area is 173 Å². The van der Waals surface area contributed by atoms with Crippen LogP contribution in [0.1, 0.15) is 40.5 Å².